The van der Waals surface area contributed by atoms with E-state index >= 15 is 0 Å². The fourth-order valence-electron chi connectivity index (χ4n) is 0.136. The van der Waals surface area contributed by atoms with Gasteiger partial charge in [0.15, 0.2) is 0 Å². The summed E-state index contributed by atoms with van der Waals surface area (Å²) in [6, 6.07) is 0. The molecule has 0 fully saturated rings. The quantitative estimate of drug-likeness (QED) is 0.339. The van der Waals surface area contributed by atoms with Gasteiger partial charge in [-0.3, -0.25) is 0 Å². The molecule has 0 amide bonds. The molecule has 0 atom stereocenters. The Kier molecular flexibility index (Phi) is 19.4. The fraction of sp³-hybridized carbons (Fsp3) is 0. The van der Waals surface area contributed by atoms with Gasteiger partial charge in [0.25, 0.3) is 0 Å². The minimum atomic E-state index is -1.55. The average Bonchev–Trinajstić information content (AvgIpc) is 1.61. The molecule has 6 heteroatoms. The molecular weight excluding hydrogens is 558 g/mol. The van der Waals surface area contributed by atoms with E-state index in [0.29, 0.717) is 12.2 Å². The van der Waals surface area contributed by atoms with Crippen molar-refractivity contribution in [1.29, 1.82) is 0 Å². The van der Waals surface area contributed by atoms with E-state index in [1.54, 1.807) is 0 Å². The molecule has 0 bridgehead atoms. The molecule has 0 spiro atoms. The van der Waals surface area contributed by atoms with Gasteiger partial charge in [-0.25, -0.2) is 0 Å². The average molecular weight is 560 g/mol. The first kappa shape index (κ1) is 17.8. The van der Waals surface area contributed by atoms with Crippen LogP contribution in [0.3, 0.4) is 0 Å². The summed E-state index contributed by atoms with van der Waals surface area (Å²) in [6.45, 7) is 0. The second-order valence-electron chi connectivity index (χ2n) is 0.971. The molecule has 0 aliphatic carbocycles. The summed E-state index contributed by atoms with van der Waals surface area (Å²) >= 11 is 0. The molecule has 4 nitrogen and oxygen atoms in total. The number of rotatable bonds is 2. The molecule has 0 rings (SSSR count). The molecule has 0 aromatic carbocycles. The van der Waals surface area contributed by atoms with Gasteiger partial charge in [0.1, 0.15) is 0 Å². The van der Waals surface area contributed by atoms with Crippen LogP contribution >= 0.6 is 0 Å². The van der Waals surface area contributed by atoms with Crippen molar-refractivity contribution < 1.29 is 120 Å². The second-order valence-corrected chi connectivity index (χ2v) is 0.971. The van der Waals surface area contributed by atoms with Gasteiger partial charge < -0.3 is 19.8 Å². The molecule has 0 aromatic heterocycles. The van der Waals surface area contributed by atoms with E-state index in [9.17, 15) is 19.8 Å². The number of carbonyl (C=O) groups is 2. The first-order valence-corrected chi connectivity index (χ1v) is 1.73. The van der Waals surface area contributed by atoms with Crippen LogP contribution in [0, 0.1) is 99.7 Å². The van der Waals surface area contributed by atoms with Crippen LogP contribution < -0.4 is 10.2 Å². The molecule has 0 saturated carbocycles. The molecule has 10 heavy (non-hydrogen) atoms. The van der Waals surface area contributed by atoms with Crippen LogP contribution in [0.1, 0.15) is 0 Å². The van der Waals surface area contributed by atoms with Crippen LogP contribution in [-0.4, -0.2) is 11.9 Å². The summed E-state index contributed by atoms with van der Waals surface area (Å²) < 4.78 is 0. The second kappa shape index (κ2) is 10.9. The predicted octanol–water partition coefficient (Wildman–Crippen LogP) is -2.96. The molecule has 0 saturated heterocycles. The van der Waals surface area contributed by atoms with Gasteiger partial charge in [-0.05, 0) is 12.2 Å². The topological polar surface area (TPSA) is 80.3 Å². The van der Waals surface area contributed by atoms with Crippen molar-refractivity contribution in [2.24, 2.45) is 0 Å². The Balaban J connectivity index is -0.000000245. The van der Waals surface area contributed by atoms with Crippen LogP contribution in [0.2, 0.25) is 0 Å². The van der Waals surface area contributed by atoms with Gasteiger partial charge in [-0.2, -0.15) is 0 Å². The molecule has 0 aromatic rings. The first-order valence-electron chi connectivity index (χ1n) is 1.73. The van der Waals surface area contributed by atoms with E-state index in [2.05, 4.69) is 0 Å². The van der Waals surface area contributed by atoms with Gasteiger partial charge in [0, 0.05) is 0 Å². The van der Waals surface area contributed by atoms with Crippen molar-refractivity contribution in [1.82, 2.24) is 0 Å². The Morgan fingerprint density at radius 2 is 1.10 bits per heavy atom. The zero-order chi connectivity index (χ0) is 6.57. The molecule has 0 heterocycles. The SMILES string of the molecule is O=C([O-])/C=C\C(=O)[O-].[Fr+].[Fr+]. The number of carbonyl (C=O) groups excluding carboxylic acids is 2. The van der Waals surface area contributed by atoms with Crippen LogP contribution in [-0.2, 0) is 9.59 Å². The molecule has 0 aliphatic rings. The Hall–Kier alpha value is 1.87. The summed E-state index contributed by atoms with van der Waals surface area (Å²) in [7, 11) is 0. The van der Waals surface area contributed by atoms with Gasteiger partial charge in [0.05, 0.1) is 11.9 Å². The minimum absolute atomic E-state index is 0. The zero-order valence-corrected chi connectivity index (χ0v) is 22.2. The molecule has 0 N–H and O–H groups in total. The largest absolute Gasteiger partial charge is 1.00 e. The van der Waals surface area contributed by atoms with E-state index in [0.717, 1.165) is 0 Å². The molecule has 0 unspecified atom stereocenters. The maximum absolute atomic E-state index is 9.41. The van der Waals surface area contributed by atoms with E-state index in [1.807, 2.05) is 0 Å². The van der Waals surface area contributed by atoms with Crippen molar-refractivity contribution in [3.8, 4) is 0 Å². The molecule has 0 radical (unpaired) electrons. The summed E-state index contributed by atoms with van der Waals surface area (Å²) in [4.78, 5) is 18.8. The van der Waals surface area contributed by atoms with Crippen molar-refractivity contribution in [3.05, 3.63) is 12.2 Å². The monoisotopic (exact) mass is 560 g/mol. The third-order valence-corrected chi connectivity index (χ3v) is 0.355. The predicted molar refractivity (Wildman–Crippen MR) is 19.2 cm³/mol. The van der Waals surface area contributed by atoms with Crippen molar-refractivity contribution in [2.45, 2.75) is 0 Å². The molecule has 44 valence electrons. The van der Waals surface area contributed by atoms with E-state index in [1.165, 1.54) is 0 Å². The van der Waals surface area contributed by atoms with E-state index < -0.39 is 11.9 Å². The summed E-state index contributed by atoms with van der Waals surface area (Å²) in [6.07, 6.45) is 0.769. The van der Waals surface area contributed by atoms with Gasteiger partial charge in [0.2, 0.25) is 0 Å². The molecular formula is C4H2Fr2O4. The summed E-state index contributed by atoms with van der Waals surface area (Å²) in [5, 5.41) is 18.8. The van der Waals surface area contributed by atoms with Crippen LogP contribution in [0.15, 0.2) is 12.2 Å². The Morgan fingerprint density at radius 3 is 1.20 bits per heavy atom. The number of hydrogen-bond donors (Lipinski definition) is 0. The Labute approximate surface area is 140 Å². The van der Waals surface area contributed by atoms with Gasteiger partial charge in [-0.15, -0.1) is 0 Å². The third kappa shape index (κ3) is 16.5. The van der Waals surface area contributed by atoms with Crippen molar-refractivity contribution in [3.63, 3.8) is 0 Å². The fourth-order valence-corrected chi connectivity index (χ4v) is 0.136. The summed E-state index contributed by atoms with van der Waals surface area (Å²) in [5.41, 5.74) is 0. The zero-order valence-electron chi connectivity index (χ0n) is 5.79. The maximum Gasteiger partial charge on any atom is 1.00 e. The molecule has 0 aliphatic heterocycles. The van der Waals surface area contributed by atoms with Gasteiger partial charge in [-0.1, -0.05) is 0 Å². The number of hydrogen-bond acceptors (Lipinski definition) is 4. The number of aliphatic carboxylic acids is 2. The first-order chi connectivity index (χ1) is 3.63. The van der Waals surface area contributed by atoms with E-state index in [4.69, 9.17) is 0 Å². The number of carboxylic acids is 2. The maximum atomic E-state index is 9.41. The number of carboxylic acid groups (broad SMARTS) is 2. The van der Waals surface area contributed by atoms with Gasteiger partial charge >= 0.3 is 99.7 Å². The smallest absolute Gasteiger partial charge is 0.545 e. The third-order valence-electron chi connectivity index (χ3n) is 0.355. The van der Waals surface area contributed by atoms with Crippen LogP contribution in [0.5, 0.6) is 0 Å². The Morgan fingerprint density at radius 1 is 0.900 bits per heavy atom. The van der Waals surface area contributed by atoms with Crippen LogP contribution in [0.25, 0.3) is 0 Å². The minimum Gasteiger partial charge on any atom is -0.545 e. The Bertz CT molecular complexity index is 126. The standard InChI is InChI=1S/C4H4O4.2Fr/c5-3(6)1-2-4(7)8;;/h1-2H,(H,5,6)(H,7,8);;/q;2*+1/p-2/b2-1-;;. The van der Waals surface area contributed by atoms with E-state index in [-0.39, 0.29) is 99.7 Å². The van der Waals surface area contributed by atoms with Crippen LogP contribution in [0.4, 0.5) is 0 Å². The van der Waals surface area contributed by atoms with Crippen molar-refractivity contribution >= 4 is 11.9 Å². The summed E-state index contributed by atoms with van der Waals surface area (Å²) in [5.74, 6) is -3.09. The van der Waals surface area contributed by atoms with Crippen molar-refractivity contribution in [2.75, 3.05) is 0 Å². The normalized spacial score (nSPS) is 7.60.